The van der Waals surface area contributed by atoms with Crippen LogP contribution in [0.1, 0.15) is 58.8 Å². The van der Waals surface area contributed by atoms with E-state index >= 15 is 0 Å². The van der Waals surface area contributed by atoms with Crippen molar-refractivity contribution >= 4 is 46.1 Å². The summed E-state index contributed by atoms with van der Waals surface area (Å²) >= 11 is 2.07. The topological polar surface area (TPSA) is 81.7 Å². The highest BCUT2D eigenvalue weighted by Gasteiger charge is 2.18. The number of benzene rings is 2. The van der Waals surface area contributed by atoms with Gasteiger partial charge in [-0.3, -0.25) is 4.79 Å². The molecule has 2 aromatic rings. The number of carbonyl (C=O) groups is 3. The molecule has 0 fully saturated rings. The number of hydrogen-bond acceptors (Lipinski definition) is 5. The fourth-order valence-corrected chi connectivity index (χ4v) is 2.98. The second-order valence-electron chi connectivity index (χ2n) is 6.64. The largest absolute Gasteiger partial charge is 0.459 e. The fourth-order valence-electron chi connectivity index (χ4n) is 2.34. The summed E-state index contributed by atoms with van der Waals surface area (Å²) < 4.78 is 11.2. The first-order valence-corrected chi connectivity index (χ1v) is 9.88. The van der Waals surface area contributed by atoms with Crippen LogP contribution in [-0.2, 0) is 9.47 Å². The molecule has 7 heteroatoms. The van der Waals surface area contributed by atoms with Crippen molar-refractivity contribution in [3.05, 3.63) is 62.7 Å². The van der Waals surface area contributed by atoms with Crippen molar-refractivity contribution in [2.45, 2.75) is 39.9 Å². The number of halogens is 1. The van der Waals surface area contributed by atoms with Crippen LogP contribution in [0.3, 0.4) is 0 Å². The van der Waals surface area contributed by atoms with Crippen LogP contribution in [0.2, 0.25) is 0 Å². The first-order chi connectivity index (χ1) is 13.2. The average Bonchev–Trinajstić information content (AvgIpc) is 2.60. The van der Waals surface area contributed by atoms with Crippen LogP contribution >= 0.6 is 22.6 Å². The Morgan fingerprint density at radius 3 is 1.82 bits per heavy atom. The van der Waals surface area contributed by atoms with Crippen molar-refractivity contribution in [1.29, 1.82) is 0 Å². The van der Waals surface area contributed by atoms with E-state index in [1.165, 1.54) is 18.2 Å². The zero-order valence-corrected chi connectivity index (χ0v) is 18.3. The Labute approximate surface area is 177 Å². The molecule has 0 spiro atoms. The summed E-state index contributed by atoms with van der Waals surface area (Å²) in [6, 6.07) is 11.5. The number of ether oxygens (including phenoxy) is 2. The molecule has 0 saturated carbocycles. The number of nitrogens with one attached hydrogen (secondary N) is 1. The molecule has 0 saturated heterocycles. The van der Waals surface area contributed by atoms with Crippen molar-refractivity contribution in [2.75, 3.05) is 5.32 Å². The Balaban J connectivity index is 2.38. The Morgan fingerprint density at radius 2 is 1.36 bits per heavy atom. The highest BCUT2D eigenvalue weighted by molar-refractivity contribution is 14.1. The second kappa shape index (κ2) is 9.68. The minimum atomic E-state index is -0.584. The van der Waals surface area contributed by atoms with Gasteiger partial charge in [0, 0.05) is 9.26 Å². The maximum absolute atomic E-state index is 12.6. The van der Waals surface area contributed by atoms with Crippen LogP contribution < -0.4 is 5.32 Å². The predicted molar refractivity (Wildman–Crippen MR) is 115 cm³/mol. The van der Waals surface area contributed by atoms with Crippen molar-refractivity contribution in [2.24, 2.45) is 0 Å². The molecule has 1 amide bonds. The van der Waals surface area contributed by atoms with Gasteiger partial charge < -0.3 is 14.8 Å². The first-order valence-electron chi connectivity index (χ1n) is 8.80. The third-order valence-electron chi connectivity index (χ3n) is 3.47. The van der Waals surface area contributed by atoms with Gasteiger partial charge in [-0.2, -0.15) is 0 Å². The molecule has 0 aromatic heterocycles. The van der Waals surface area contributed by atoms with E-state index in [0.29, 0.717) is 11.3 Å². The average molecular weight is 495 g/mol. The van der Waals surface area contributed by atoms with Crippen molar-refractivity contribution in [1.82, 2.24) is 0 Å². The van der Waals surface area contributed by atoms with Crippen molar-refractivity contribution in [3.8, 4) is 0 Å². The molecule has 6 nitrogen and oxygen atoms in total. The minimum absolute atomic E-state index is 0.157. The Hall–Kier alpha value is -2.42. The third-order valence-corrected chi connectivity index (χ3v) is 4.41. The lowest BCUT2D eigenvalue weighted by atomic mass is 10.1. The first kappa shape index (κ1) is 21.9. The monoisotopic (exact) mass is 495 g/mol. The number of hydrogen-bond donors (Lipinski definition) is 1. The lowest BCUT2D eigenvalue weighted by molar-refractivity contribution is 0.0377. The summed E-state index contributed by atoms with van der Waals surface area (Å²) in [4.78, 5) is 37.3. The number of esters is 2. The van der Waals surface area contributed by atoms with Gasteiger partial charge >= 0.3 is 11.9 Å². The molecule has 0 aliphatic heterocycles. The summed E-state index contributed by atoms with van der Waals surface area (Å²) in [7, 11) is 0. The van der Waals surface area contributed by atoms with E-state index in [9.17, 15) is 14.4 Å². The smallest absolute Gasteiger partial charge is 0.338 e. The van der Waals surface area contributed by atoms with Gasteiger partial charge in [-0.25, -0.2) is 9.59 Å². The lowest BCUT2D eigenvalue weighted by Crippen LogP contribution is -2.17. The van der Waals surface area contributed by atoms with Crippen LogP contribution in [-0.4, -0.2) is 30.1 Å². The van der Waals surface area contributed by atoms with Gasteiger partial charge in [0.05, 0.1) is 28.9 Å². The highest BCUT2D eigenvalue weighted by atomic mass is 127. The molecule has 148 valence electrons. The summed E-state index contributed by atoms with van der Waals surface area (Å²) in [5, 5.41) is 2.74. The lowest BCUT2D eigenvalue weighted by Gasteiger charge is -2.13. The second-order valence-corrected chi connectivity index (χ2v) is 7.80. The van der Waals surface area contributed by atoms with E-state index in [1.807, 2.05) is 12.1 Å². The quantitative estimate of drug-likeness (QED) is 0.465. The van der Waals surface area contributed by atoms with Crippen LogP contribution in [0.4, 0.5) is 5.69 Å². The molecule has 0 aliphatic rings. The molecule has 0 unspecified atom stereocenters. The summed E-state index contributed by atoms with van der Waals surface area (Å²) in [5.41, 5.74) is 1.11. The number of carbonyl (C=O) groups excluding carboxylic acids is 3. The van der Waals surface area contributed by atoms with Gasteiger partial charge in [-0.05, 0) is 80.6 Å². The maximum atomic E-state index is 12.6. The van der Waals surface area contributed by atoms with Gasteiger partial charge in [-0.15, -0.1) is 0 Å². The summed E-state index contributed by atoms with van der Waals surface area (Å²) in [6.45, 7) is 6.92. The molecule has 2 aromatic carbocycles. The molecule has 28 heavy (non-hydrogen) atoms. The van der Waals surface area contributed by atoms with Crippen LogP contribution in [0.15, 0.2) is 42.5 Å². The molecule has 1 N–H and O–H groups in total. The summed E-state index contributed by atoms with van der Waals surface area (Å²) in [6.07, 6.45) is -0.634. The fraction of sp³-hybridized carbons (Fsp3) is 0.286. The maximum Gasteiger partial charge on any atom is 0.338 e. The van der Waals surface area contributed by atoms with E-state index in [0.717, 1.165) is 3.57 Å². The van der Waals surface area contributed by atoms with E-state index < -0.39 is 11.9 Å². The predicted octanol–water partition coefficient (Wildman–Crippen LogP) is 4.67. The Morgan fingerprint density at radius 1 is 0.857 bits per heavy atom. The molecule has 0 bridgehead atoms. The third kappa shape index (κ3) is 6.05. The zero-order valence-electron chi connectivity index (χ0n) is 16.1. The van der Waals surface area contributed by atoms with Gasteiger partial charge in [0.15, 0.2) is 0 Å². The van der Waals surface area contributed by atoms with Crippen LogP contribution in [0.25, 0.3) is 0 Å². The van der Waals surface area contributed by atoms with Gasteiger partial charge in [-0.1, -0.05) is 12.1 Å². The molecule has 0 atom stereocenters. The van der Waals surface area contributed by atoms with Crippen LogP contribution in [0.5, 0.6) is 0 Å². The Kier molecular flexibility index (Phi) is 7.56. The van der Waals surface area contributed by atoms with E-state index in [4.69, 9.17) is 9.47 Å². The standard InChI is InChI=1S/C21H22INO5/c1-12(2)27-20(25)14-9-15(21(26)28-13(3)4)11-16(10-14)23-19(24)17-7-5-6-8-18(17)22/h5-13H,1-4H3,(H,23,24). The normalized spacial score (nSPS) is 10.7. The van der Waals surface area contributed by atoms with Crippen LogP contribution in [0, 0.1) is 3.57 Å². The minimum Gasteiger partial charge on any atom is -0.459 e. The van der Waals surface area contributed by atoms with Gasteiger partial charge in [0.1, 0.15) is 0 Å². The number of rotatable bonds is 6. The molecule has 0 heterocycles. The summed E-state index contributed by atoms with van der Waals surface area (Å²) in [5.74, 6) is -1.51. The van der Waals surface area contributed by atoms with Gasteiger partial charge in [0.25, 0.3) is 5.91 Å². The number of amides is 1. The van der Waals surface area contributed by atoms with E-state index in [1.54, 1.807) is 39.8 Å². The zero-order chi connectivity index (χ0) is 20.8. The van der Waals surface area contributed by atoms with Crippen molar-refractivity contribution in [3.63, 3.8) is 0 Å². The molecular weight excluding hydrogens is 473 g/mol. The Bertz CT molecular complexity index is 852. The molecular formula is C21H22INO5. The highest BCUT2D eigenvalue weighted by Crippen LogP contribution is 2.20. The van der Waals surface area contributed by atoms with E-state index in [-0.39, 0.29) is 29.2 Å². The molecule has 0 radical (unpaired) electrons. The van der Waals surface area contributed by atoms with Gasteiger partial charge in [0.2, 0.25) is 0 Å². The number of anilines is 1. The van der Waals surface area contributed by atoms with Crippen molar-refractivity contribution < 1.29 is 23.9 Å². The van der Waals surface area contributed by atoms with E-state index in [2.05, 4.69) is 27.9 Å². The SMILES string of the molecule is CC(C)OC(=O)c1cc(NC(=O)c2ccccc2I)cc(C(=O)OC(C)C)c1. The molecule has 2 rings (SSSR count). The molecule has 0 aliphatic carbocycles.